The SMILES string of the molecule is CCC[C@@H](C)NC(=O)CC1CCN(C)CC1. The molecule has 3 nitrogen and oxygen atoms in total. The number of nitrogens with zero attached hydrogens (tertiary/aromatic N) is 1. The zero-order valence-electron chi connectivity index (χ0n) is 11.0. The average Bonchev–Trinajstić information content (AvgIpc) is 2.21. The second-order valence-electron chi connectivity index (χ2n) is 5.21. The number of amides is 1. The lowest BCUT2D eigenvalue weighted by Crippen LogP contribution is -2.36. The lowest BCUT2D eigenvalue weighted by atomic mass is 9.93. The molecule has 1 amide bonds. The van der Waals surface area contributed by atoms with E-state index in [4.69, 9.17) is 0 Å². The summed E-state index contributed by atoms with van der Waals surface area (Å²) in [7, 11) is 2.15. The van der Waals surface area contributed by atoms with Crippen LogP contribution in [-0.4, -0.2) is 37.0 Å². The first-order valence-corrected chi connectivity index (χ1v) is 6.59. The van der Waals surface area contributed by atoms with Gasteiger partial charge >= 0.3 is 0 Å². The van der Waals surface area contributed by atoms with Crippen molar-refractivity contribution in [1.29, 1.82) is 0 Å². The van der Waals surface area contributed by atoms with E-state index in [0.29, 0.717) is 12.0 Å². The van der Waals surface area contributed by atoms with Crippen LogP contribution in [0.15, 0.2) is 0 Å². The Morgan fingerprint density at radius 1 is 1.44 bits per heavy atom. The van der Waals surface area contributed by atoms with E-state index in [2.05, 4.69) is 31.1 Å². The van der Waals surface area contributed by atoms with Gasteiger partial charge in [0.2, 0.25) is 5.91 Å². The maximum Gasteiger partial charge on any atom is 0.220 e. The second-order valence-corrected chi connectivity index (χ2v) is 5.21. The van der Waals surface area contributed by atoms with Gasteiger partial charge in [-0.15, -0.1) is 0 Å². The summed E-state index contributed by atoms with van der Waals surface area (Å²) >= 11 is 0. The summed E-state index contributed by atoms with van der Waals surface area (Å²) in [5.74, 6) is 0.848. The van der Waals surface area contributed by atoms with Crippen LogP contribution in [0.5, 0.6) is 0 Å². The van der Waals surface area contributed by atoms with Gasteiger partial charge in [0.25, 0.3) is 0 Å². The molecular weight excluding hydrogens is 200 g/mol. The van der Waals surface area contributed by atoms with Crippen molar-refractivity contribution in [2.45, 2.75) is 52.0 Å². The molecule has 0 saturated carbocycles. The van der Waals surface area contributed by atoms with Gasteiger partial charge in [0.1, 0.15) is 0 Å². The molecule has 0 aromatic carbocycles. The van der Waals surface area contributed by atoms with Gasteiger partial charge < -0.3 is 10.2 Å². The van der Waals surface area contributed by atoms with Crippen LogP contribution in [-0.2, 0) is 4.79 Å². The van der Waals surface area contributed by atoms with E-state index < -0.39 is 0 Å². The molecule has 1 fully saturated rings. The van der Waals surface area contributed by atoms with E-state index in [1.165, 1.54) is 12.8 Å². The smallest absolute Gasteiger partial charge is 0.220 e. The van der Waals surface area contributed by atoms with E-state index in [1.807, 2.05) is 0 Å². The Morgan fingerprint density at radius 3 is 2.62 bits per heavy atom. The maximum atomic E-state index is 11.8. The van der Waals surface area contributed by atoms with Crippen molar-refractivity contribution in [2.24, 2.45) is 5.92 Å². The molecule has 1 heterocycles. The number of carbonyl (C=O) groups is 1. The van der Waals surface area contributed by atoms with Crippen LogP contribution in [0.3, 0.4) is 0 Å². The first-order chi connectivity index (χ1) is 7.61. The number of likely N-dealkylation sites (tertiary alicyclic amines) is 1. The van der Waals surface area contributed by atoms with Gasteiger partial charge in [-0.05, 0) is 52.2 Å². The summed E-state index contributed by atoms with van der Waals surface area (Å²) in [6, 6.07) is 0.337. The molecule has 0 aliphatic carbocycles. The van der Waals surface area contributed by atoms with Crippen LogP contribution in [0, 0.1) is 5.92 Å². The molecule has 0 unspecified atom stereocenters. The van der Waals surface area contributed by atoms with Gasteiger partial charge in [0.05, 0.1) is 0 Å². The Kier molecular flexibility index (Phi) is 5.81. The van der Waals surface area contributed by atoms with Crippen LogP contribution in [0.25, 0.3) is 0 Å². The highest BCUT2D eigenvalue weighted by Gasteiger charge is 2.19. The molecular formula is C13H26N2O. The first-order valence-electron chi connectivity index (χ1n) is 6.59. The second kappa shape index (κ2) is 6.89. The number of carbonyl (C=O) groups excluding carboxylic acids is 1. The average molecular weight is 226 g/mol. The minimum atomic E-state index is 0.246. The number of piperidine rings is 1. The minimum Gasteiger partial charge on any atom is -0.354 e. The summed E-state index contributed by atoms with van der Waals surface area (Å²) in [6.07, 6.45) is 5.29. The summed E-state index contributed by atoms with van der Waals surface area (Å²) in [5, 5.41) is 3.09. The lowest BCUT2D eigenvalue weighted by Gasteiger charge is -2.28. The Labute approximate surface area is 99.6 Å². The summed E-state index contributed by atoms with van der Waals surface area (Å²) in [4.78, 5) is 14.1. The van der Waals surface area contributed by atoms with Crippen LogP contribution < -0.4 is 5.32 Å². The molecule has 3 heteroatoms. The Balaban J connectivity index is 2.18. The first kappa shape index (κ1) is 13.5. The van der Waals surface area contributed by atoms with Gasteiger partial charge in [-0.2, -0.15) is 0 Å². The maximum absolute atomic E-state index is 11.8. The third kappa shape index (κ3) is 4.97. The van der Waals surface area contributed by atoms with Crippen molar-refractivity contribution in [1.82, 2.24) is 10.2 Å². The lowest BCUT2D eigenvalue weighted by molar-refractivity contribution is -0.123. The Bertz CT molecular complexity index is 210. The zero-order chi connectivity index (χ0) is 12.0. The predicted molar refractivity (Wildman–Crippen MR) is 67.4 cm³/mol. The summed E-state index contributed by atoms with van der Waals surface area (Å²) < 4.78 is 0. The monoisotopic (exact) mass is 226 g/mol. The van der Waals surface area contributed by atoms with Gasteiger partial charge in [-0.25, -0.2) is 0 Å². The molecule has 1 atom stereocenters. The third-order valence-corrected chi connectivity index (χ3v) is 3.44. The van der Waals surface area contributed by atoms with Crippen LogP contribution in [0.4, 0.5) is 0 Å². The van der Waals surface area contributed by atoms with Crippen molar-refractivity contribution in [3.05, 3.63) is 0 Å². The van der Waals surface area contributed by atoms with E-state index in [0.717, 1.165) is 32.4 Å². The molecule has 0 spiro atoms. The number of hydrogen-bond acceptors (Lipinski definition) is 2. The standard InChI is InChI=1S/C13H26N2O/c1-4-5-11(2)14-13(16)10-12-6-8-15(3)9-7-12/h11-12H,4-10H2,1-3H3,(H,14,16)/t11-/m1/s1. The van der Waals surface area contributed by atoms with Crippen molar-refractivity contribution < 1.29 is 4.79 Å². The largest absolute Gasteiger partial charge is 0.354 e. The van der Waals surface area contributed by atoms with Crippen LogP contribution in [0.2, 0.25) is 0 Å². The molecule has 1 aliphatic rings. The van der Waals surface area contributed by atoms with Gasteiger partial charge in [0.15, 0.2) is 0 Å². The molecule has 0 aromatic rings. The van der Waals surface area contributed by atoms with Crippen LogP contribution >= 0.6 is 0 Å². The molecule has 94 valence electrons. The normalized spacial score (nSPS) is 20.7. The van der Waals surface area contributed by atoms with Crippen molar-refractivity contribution in [3.8, 4) is 0 Å². The molecule has 0 bridgehead atoms. The fourth-order valence-electron chi connectivity index (χ4n) is 2.37. The highest BCUT2D eigenvalue weighted by atomic mass is 16.1. The van der Waals surface area contributed by atoms with E-state index in [9.17, 15) is 4.79 Å². The molecule has 1 aliphatic heterocycles. The van der Waals surface area contributed by atoms with E-state index >= 15 is 0 Å². The van der Waals surface area contributed by atoms with Crippen LogP contribution in [0.1, 0.15) is 46.0 Å². The topological polar surface area (TPSA) is 32.3 Å². The number of nitrogens with one attached hydrogen (secondary N) is 1. The molecule has 0 aromatic heterocycles. The van der Waals surface area contributed by atoms with Gasteiger partial charge in [-0.3, -0.25) is 4.79 Å². The number of hydrogen-bond donors (Lipinski definition) is 1. The van der Waals surface area contributed by atoms with Crippen molar-refractivity contribution >= 4 is 5.91 Å². The van der Waals surface area contributed by atoms with E-state index in [-0.39, 0.29) is 5.91 Å². The Hall–Kier alpha value is -0.570. The van der Waals surface area contributed by atoms with Gasteiger partial charge in [-0.1, -0.05) is 13.3 Å². The molecule has 1 rings (SSSR count). The highest BCUT2D eigenvalue weighted by Crippen LogP contribution is 2.19. The predicted octanol–water partition coefficient (Wildman–Crippen LogP) is 2.02. The Morgan fingerprint density at radius 2 is 2.06 bits per heavy atom. The molecule has 1 N–H and O–H groups in total. The van der Waals surface area contributed by atoms with Crippen molar-refractivity contribution in [3.63, 3.8) is 0 Å². The molecule has 0 radical (unpaired) electrons. The quantitative estimate of drug-likeness (QED) is 0.778. The van der Waals surface area contributed by atoms with E-state index in [1.54, 1.807) is 0 Å². The highest BCUT2D eigenvalue weighted by molar-refractivity contribution is 5.76. The summed E-state index contributed by atoms with van der Waals surface area (Å²) in [6.45, 7) is 6.53. The minimum absolute atomic E-state index is 0.246. The fraction of sp³-hybridized carbons (Fsp3) is 0.923. The van der Waals surface area contributed by atoms with Gasteiger partial charge in [0, 0.05) is 12.5 Å². The third-order valence-electron chi connectivity index (χ3n) is 3.44. The molecule has 16 heavy (non-hydrogen) atoms. The molecule has 1 saturated heterocycles. The van der Waals surface area contributed by atoms with Crippen molar-refractivity contribution in [2.75, 3.05) is 20.1 Å². The zero-order valence-corrected chi connectivity index (χ0v) is 11.0. The summed E-state index contributed by atoms with van der Waals surface area (Å²) in [5.41, 5.74) is 0. The fourth-order valence-corrected chi connectivity index (χ4v) is 2.37. The number of rotatable bonds is 5.